The van der Waals surface area contributed by atoms with Gasteiger partial charge in [-0.25, -0.2) is 5.48 Å². The third kappa shape index (κ3) is 2.87. The molecule has 0 atom stereocenters. The minimum Gasteiger partial charge on any atom is -0.493 e. The fourth-order valence-corrected chi connectivity index (χ4v) is 4.14. The molecule has 1 saturated heterocycles. The number of benzene rings is 2. The van der Waals surface area contributed by atoms with Gasteiger partial charge in [0.25, 0.3) is 5.91 Å². The van der Waals surface area contributed by atoms with Crippen molar-refractivity contribution in [1.82, 2.24) is 10.4 Å². The number of ether oxygens (including phenoxy) is 1. The molecule has 7 nitrogen and oxygen atoms in total. The Hall–Kier alpha value is -3.08. The largest absolute Gasteiger partial charge is 0.493 e. The van der Waals surface area contributed by atoms with E-state index in [0.717, 1.165) is 21.9 Å². The molecule has 2 heterocycles. The number of rotatable bonds is 4. The average molecular weight is 379 g/mol. The van der Waals surface area contributed by atoms with Gasteiger partial charge < -0.3 is 9.15 Å². The van der Waals surface area contributed by atoms with Crippen LogP contribution in [-0.2, 0) is 10.2 Å². The van der Waals surface area contributed by atoms with Crippen molar-refractivity contribution in [2.24, 2.45) is 0 Å². The summed E-state index contributed by atoms with van der Waals surface area (Å²) in [5, 5.41) is 20.8. The summed E-state index contributed by atoms with van der Waals surface area (Å²) in [5.74, 6) is 0.192. The fraction of sp³-hybridized carbons (Fsp3) is 0.333. The molecule has 0 bridgehead atoms. The number of amides is 1. The van der Waals surface area contributed by atoms with Crippen LogP contribution in [0.15, 0.2) is 40.8 Å². The highest BCUT2D eigenvalue weighted by molar-refractivity contribution is 6.09. The maximum absolute atomic E-state index is 11.4. The summed E-state index contributed by atoms with van der Waals surface area (Å²) in [7, 11) is 1.60. The van der Waals surface area contributed by atoms with Crippen LogP contribution in [0.4, 0.5) is 0 Å². The van der Waals surface area contributed by atoms with Crippen LogP contribution >= 0.6 is 0 Å². The van der Waals surface area contributed by atoms with E-state index < -0.39 is 11.3 Å². The van der Waals surface area contributed by atoms with Gasteiger partial charge >= 0.3 is 0 Å². The fourth-order valence-electron chi connectivity index (χ4n) is 4.14. The number of nitrogens with zero attached hydrogens (tertiary/aromatic N) is 2. The Bertz CT molecular complexity index is 1070. The first-order valence-electron chi connectivity index (χ1n) is 9.17. The highest BCUT2D eigenvalue weighted by Crippen LogP contribution is 2.44. The number of hydroxylamine groups is 1. The predicted molar refractivity (Wildman–Crippen MR) is 103 cm³/mol. The standard InChI is InChI=1S/C21H21N3O4/c1-27-17-7-6-15(19-14-4-2-3-5-16(14)28-20(17)19)21(13-22)8-10-24(11-9-21)12-18(25)23-26/h2-7,26H,8-12H2,1H3,(H,23,25). The lowest BCUT2D eigenvalue weighted by Gasteiger charge is -2.37. The monoisotopic (exact) mass is 379 g/mol. The van der Waals surface area contributed by atoms with E-state index >= 15 is 0 Å². The lowest BCUT2D eigenvalue weighted by molar-refractivity contribution is -0.130. The van der Waals surface area contributed by atoms with Crippen molar-refractivity contribution in [2.75, 3.05) is 26.7 Å². The normalized spacial score (nSPS) is 16.8. The summed E-state index contributed by atoms with van der Waals surface area (Å²) in [6.45, 7) is 1.29. The summed E-state index contributed by atoms with van der Waals surface area (Å²) in [4.78, 5) is 13.4. The van der Waals surface area contributed by atoms with Gasteiger partial charge in [0.15, 0.2) is 11.3 Å². The molecule has 144 valence electrons. The number of nitriles is 1. The summed E-state index contributed by atoms with van der Waals surface area (Å²) in [6, 6.07) is 14.1. The lowest BCUT2D eigenvalue weighted by atomic mass is 9.72. The van der Waals surface area contributed by atoms with E-state index in [1.54, 1.807) is 12.6 Å². The zero-order chi connectivity index (χ0) is 19.7. The van der Waals surface area contributed by atoms with E-state index in [-0.39, 0.29) is 6.54 Å². The third-order valence-corrected chi connectivity index (χ3v) is 5.64. The van der Waals surface area contributed by atoms with Crippen LogP contribution in [0, 0.1) is 11.3 Å². The van der Waals surface area contributed by atoms with Crippen LogP contribution < -0.4 is 10.2 Å². The van der Waals surface area contributed by atoms with Gasteiger partial charge in [0.1, 0.15) is 5.58 Å². The summed E-state index contributed by atoms with van der Waals surface area (Å²) in [5.41, 5.74) is 3.32. The number of furan rings is 1. The van der Waals surface area contributed by atoms with Gasteiger partial charge in [-0.3, -0.25) is 14.9 Å². The molecule has 1 aromatic heterocycles. The number of piperidine rings is 1. The first-order chi connectivity index (χ1) is 13.6. The van der Waals surface area contributed by atoms with Crippen molar-refractivity contribution < 1.29 is 19.2 Å². The van der Waals surface area contributed by atoms with Crippen LogP contribution in [0.25, 0.3) is 21.9 Å². The molecule has 3 aromatic rings. The number of carbonyl (C=O) groups is 1. The van der Waals surface area contributed by atoms with Crippen LogP contribution in [0.3, 0.4) is 0 Å². The van der Waals surface area contributed by atoms with E-state index in [9.17, 15) is 10.1 Å². The average Bonchev–Trinajstić information content (AvgIpc) is 3.13. The minimum atomic E-state index is -0.677. The Morgan fingerprint density at radius 2 is 2.07 bits per heavy atom. The first-order valence-corrected chi connectivity index (χ1v) is 9.17. The van der Waals surface area contributed by atoms with Crippen molar-refractivity contribution in [3.8, 4) is 11.8 Å². The Balaban J connectivity index is 1.80. The lowest BCUT2D eigenvalue weighted by Crippen LogP contribution is -2.45. The van der Waals surface area contributed by atoms with E-state index in [0.29, 0.717) is 37.3 Å². The number of methoxy groups -OCH3 is 1. The number of fused-ring (bicyclic) bond motifs is 3. The van der Waals surface area contributed by atoms with Gasteiger partial charge in [0.2, 0.25) is 0 Å². The van der Waals surface area contributed by atoms with Crippen LogP contribution in [0.1, 0.15) is 18.4 Å². The van der Waals surface area contributed by atoms with Crippen LogP contribution in [0.2, 0.25) is 0 Å². The molecule has 0 aliphatic carbocycles. The van der Waals surface area contributed by atoms with E-state index in [4.69, 9.17) is 14.4 Å². The molecule has 0 saturated carbocycles. The number of para-hydroxylation sites is 1. The summed E-state index contributed by atoms with van der Waals surface area (Å²) >= 11 is 0. The van der Waals surface area contributed by atoms with Crippen LogP contribution in [0.5, 0.6) is 5.75 Å². The smallest absolute Gasteiger partial charge is 0.257 e. The number of likely N-dealkylation sites (tertiary alicyclic amines) is 1. The quantitative estimate of drug-likeness (QED) is 0.534. The minimum absolute atomic E-state index is 0.116. The zero-order valence-corrected chi connectivity index (χ0v) is 15.6. The van der Waals surface area contributed by atoms with Crippen molar-refractivity contribution in [3.05, 3.63) is 42.0 Å². The van der Waals surface area contributed by atoms with Crippen molar-refractivity contribution in [2.45, 2.75) is 18.3 Å². The molecule has 7 heteroatoms. The zero-order valence-electron chi connectivity index (χ0n) is 15.6. The molecule has 1 aliphatic heterocycles. The second-order valence-corrected chi connectivity index (χ2v) is 7.12. The maximum Gasteiger partial charge on any atom is 0.257 e. The van der Waals surface area contributed by atoms with E-state index in [2.05, 4.69) is 6.07 Å². The first kappa shape index (κ1) is 18.3. The molecule has 1 aliphatic rings. The molecular formula is C21H21N3O4. The Morgan fingerprint density at radius 1 is 1.32 bits per heavy atom. The molecule has 2 aromatic carbocycles. The second-order valence-electron chi connectivity index (χ2n) is 7.12. The van der Waals surface area contributed by atoms with Gasteiger partial charge in [-0.05, 0) is 30.5 Å². The van der Waals surface area contributed by atoms with Gasteiger partial charge in [0.05, 0.1) is 25.1 Å². The molecule has 0 unspecified atom stereocenters. The predicted octanol–water partition coefficient (Wildman–Crippen LogP) is 2.96. The molecule has 1 fully saturated rings. The molecule has 0 spiro atoms. The molecule has 28 heavy (non-hydrogen) atoms. The molecule has 1 amide bonds. The Kier molecular flexibility index (Phi) is 4.67. The number of hydrogen-bond acceptors (Lipinski definition) is 6. The second kappa shape index (κ2) is 7.15. The topological polar surface area (TPSA) is 98.7 Å². The van der Waals surface area contributed by atoms with Gasteiger partial charge in [-0.2, -0.15) is 5.26 Å². The highest BCUT2D eigenvalue weighted by Gasteiger charge is 2.39. The van der Waals surface area contributed by atoms with Crippen LogP contribution in [-0.4, -0.2) is 42.8 Å². The summed E-state index contributed by atoms with van der Waals surface area (Å²) < 4.78 is 11.5. The molecule has 0 radical (unpaired) electrons. The van der Waals surface area contributed by atoms with Crippen molar-refractivity contribution in [3.63, 3.8) is 0 Å². The molecular weight excluding hydrogens is 358 g/mol. The van der Waals surface area contributed by atoms with Gasteiger partial charge in [-0.15, -0.1) is 0 Å². The molecule has 4 rings (SSSR count). The molecule has 2 N–H and O–H groups in total. The number of carbonyl (C=O) groups excluding carboxylic acids is 1. The van der Waals surface area contributed by atoms with E-state index in [1.807, 2.05) is 41.3 Å². The highest BCUT2D eigenvalue weighted by atomic mass is 16.5. The van der Waals surface area contributed by atoms with E-state index in [1.165, 1.54) is 0 Å². The Morgan fingerprint density at radius 3 is 2.75 bits per heavy atom. The maximum atomic E-state index is 11.4. The van der Waals surface area contributed by atoms with Crippen molar-refractivity contribution in [1.29, 1.82) is 5.26 Å². The SMILES string of the molecule is COc1ccc(C2(C#N)CCN(CC(=O)NO)CC2)c2c1oc1ccccc12. The number of nitrogens with one attached hydrogen (secondary N) is 1. The summed E-state index contributed by atoms with van der Waals surface area (Å²) in [6.07, 6.45) is 1.17. The Labute approximate surface area is 162 Å². The van der Waals surface area contributed by atoms with Gasteiger partial charge in [0, 0.05) is 23.9 Å². The third-order valence-electron chi connectivity index (χ3n) is 5.64. The number of hydrogen-bond donors (Lipinski definition) is 2. The van der Waals surface area contributed by atoms with Gasteiger partial charge in [-0.1, -0.05) is 24.3 Å². The van der Waals surface area contributed by atoms with Crippen molar-refractivity contribution >= 4 is 27.8 Å².